The molecule has 6 heteroatoms. The van der Waals surface area contributed by atoms with E-state index in [1.54, 1.807) is 12.1 Å². The second-order valence-electron chi connectivity index (χ2n) is 4.12. The van der Waals surface area contributed by atoms with Crippen LogP contribution < -0.4 is 16.0 Å². The molecule has 0 radical (unpaired) electrons. The molecule has 0 fully saturated rings. The highest BCUT2D eigenvalue weighted by molar-refractivity contribution is 6.32. The number of carbonyl (C=O) groups is 1. The highest BCUT2D eigenvalue weighted by Crippen LogP contribution is 2.25. The average Bonchev–Trinajstić information content (AvgIpc) is 2.34. The molecule has 0 saturated carbocycles. The summed E-state index contributed by atoms with van der Waals surface area (Å²) in [6.45, 7) is 1.53. The fourth-order valence-electron chi connectivity index (χ4n) is 1.41. The van der Waals surface area contributed by atoms with Crippen molar-refractivity contribution in [2.24, 2.45) is 5.84 Å². The van der Waals surface area contributed by atoms with Crippen LogP contribution >= 0.6 is 11.6 Å². The average molecular weight is 272 g/mol. The Morgan fingerprint density at radius 3 is 2.78 bits per heavy atom. The fourth-order valence-corrected chi connectivity index (χ4v) is 1.64. The van der Waals surface area contributed by atoms with Gasteiger partial charge < -0.3 is 9.64 Å². The second kappa shape index (κ2) is 7.20. The first kappa shape index (κ1) is 14.8. The van der Waals surface area contributed by atoms with E-state index in [1.807, 2.05) is 19.5 Å². The number of benzene rings is 1. The van der Waals surface area contributed by atoms with Gasteiger partial charge in [0, 0.05) is 12.1 Å². The maximum absolute atomic E-state index is 11.3. The van der Waals surface area contributed by atoms with E-state index < -0.39 is 0 Å². The topological polar surface area (TPSA) is 67.6 Å². The van der Waals surface area contributed by atoms with Crippen molar-refractivity contribution in [1.82, 2.24) is 10.3 Å². The van der Waals surface area contributed by atoms with E-state index >= 15 is 0 Å². The molecule has 0 unspecified atom stereocenters. The molecule has 1 aromatic carbocycles. The lowest BCUT2D eigenvalue weighted by Crippen LogP contribution is -2.29. The van der Waals surface area contributed by atoms with Gasteiger partial charge in [0.25, 0.3) is 5.91 Å². The van der Waals surface area contributed by atoms with Gasteiger partial charge in [0.1, 0.15) is 5.75 Å². The molecule has 0 aliphatic carbocycles. The molecule has 0 aliphatic rings. The summed E-state index contributed by atoms with van der Waals surface area (Å²) in [7, 11) is 4.01. The van der Waals surface area contributed by atoms with Gasteiger partial charge in [-0.3, -0.25) is 10.2 Å². The molecule has 0 atom stereocenters. The van der Waals surface area contributed by atoms with Crippen LogP contribution in [-0.2, 0) is 0 Å². The van der Waals surface area contributed by atoms with Gasteiger partial charge in [-0.25, -0.2) is 5.84 Å². The van der Waals surface area contributed by atoms with Gasteiger partial charge in [0.05, 0.1) is 11.6 Å². The molecule has 3 N–H and O–H groups in total. The number of hydrazine groups is 1. The summed E-state index contributed by atoms with van der Waals surface area (Å²) >= 11 is 6.02. The molecule has 0 aromatic heterocycles. The Morgan fingerprint density at radius 2 is 2.22 bits per heavy atom. The lowest BCUT2D eigenvalue weighted by atomic mass is 10.2. The van der Waals surface area contributed by atoms with E-state index in [-0.39, 0.29) is 5.91 Å². The molecule has 18 heavy (non-hydrogen) atoms. The van der Waals surface area contributed by atoms with Crippen molar-refractivity contribution < 1.29 is 9.53 Å². The summed E-state index contributed by atoms with van der Waals surface area (Å²) in [6, 6.07) is 4.82. The highest BCUT2D eigenvalue weighted by atomic mass is 35.5. The third-order valence-electron chi connectivity index (χ3n) is 2.33. The van der Waals surface area contributed by atoms with Gasteiger partial charge in [0.15, 0.2) is 0 Å². The molecule has 5 nitrogen and oxygen atoms in total. The van der Waals surface area contributed by atoms with Crippen LogP contribution in [0.25, 0.3) is 0 Å². The monoisotopic (exact) mass is 271 g/mol. The maximum Gasteiger partial charge on any atom is 0.265 e. The molecular weight excluding hydrogens is 254 g/mol. The van der Waals surface area contributed by atoms with Crippen molar-refractivity contribution in [2.45, 2.75) is 6.42 Å². The summed E-state index contributed by atoms with van der Waals surface area (Å²) in [4.78, 5) is 13.4. The van der Waals surface area contributed by atoms with Gasteiger partial charge in [0.2, 0.25) is 0 Å². The molecule has 0 heterocycles. The summed E-state index contributed by atoms with van der Waals surface area (Å²) in [5.74, 6) is 5.23. The Balaban J connectivity index is 2.55. The number of ether oxygens (including phenoxy) is 1. The van der Waals surface area contributed by atoms with Crippen LogP contribution in [0.15, 0.2) is 18.2 Å². The molecule has 0 spiro atoms. The number of nitrogen functional groups attached to an aromatic ring is 1. The fraction of sp³-hybridized carbons (Fsp3) is 0.417. The Hall–Kier alpha value is -1.30. The SMILES string of the molecule is CN(C)CCCOc1ccc(C(=O)NN)cc1Cl. The number of hydrogen-bond donors (Lipinski definition) is 2. The minimum absolute atomic E-state index is 0.379. The number of nitrogens with zero attached hydrogens (tertiary/aromatic N) is 1. The Kier molecular flexibility index (Phi) is 5.91. The minimum Gasteiger partial charge on any atom is -0.492 e. The summed E-state index contributed by atoms with van der Waals surface area (Å²) < 4.78 is 5.53. The van der Waals surface area contributed by atoms with Gasteiger partial charge in [-0.15, -0.1) is 0 Å². The van der Waals surface area contributed by atoms with E-state index in [4.69, 9.17) is 22.2 Å². The van der Waals surface area contributed by atoms with Gasteiger partial charge >= 0.3 is 0 Å². The third-order valence-corrected chi connectivity index (χ3v) is 2.63. The molecular formula is C12H18ClN3O2. The number of halogens is 1. The predicted octanol–water partition coefficient (Wildman–Crippen LogP) is 1.27. The first-order valence-corrected chi connectivity index (χ1v) is 6.00. The van der Waals surface area contributed by atoms with Crippen molar-refractivity contribution in [3.8, 4) is 5.75 Å². The first-order chi connectivity index (χ1) is 8.54. The van der Waals surface area contributed by atoms with Crippen LogP contribution in [0, 0.1) is 0 Å². The summed E-state index contributed by atoms with van der Waals surface area (Å²) in [6.07, 6.45) is 0.911. The zero-order valence-corrected chi connectivity index (χ0v) is 11.3. The molecule has 1 aromatic rings. The number of rotatable bonds is 6. The zero-order chi connectivity index (χ0) is 13.5. The van der Waals surface area contributed by atoms with Crippen LogP contribution in [0.1, 0.15) is 16.8 Å². The number of nitrogens with one attached hydrogen (secondary N) is 1. The lowest BCUT2D eigenvalue weighted by molar-refractivity contribution is 0.0953. The smallest absolute Gasteiger partial charge is 0.265 e. The summed E-state index contributed by atoms with van der Waals surface area (Å²) in [5, 5.41) is 0.404. The van der Waals surface area contributed by atoms with Crippen LogP contribution in [-0.4, -0.2) is 38.1 Å². The van der Waals surface area contributed by atoms with E-state index in [1.165, 1.54) is 6.07 Å². The van der Waals surface area contributed by atoms with Crippen LogP contribution in [0.2, 0.25) is 5.02 Å². The van der Waals surface area contributed by atoms with Crippen LogP contribution in [0.4, 0.5) is 0 Å². The Labute approximate surface area is 112 Å². The lowest BCUT2D eigenvalue weighted by Gasteiger charge is -2.11. The van der Waals surface area contributed by atoms with Crippen LogP contribution in [0.3, 0.4) is 0 Å². The molecule has 0 aliphatic heterocycles. The van der Waals surface area contributed by atoms with Crippen molar-refractivity contribution in [2.75, 3.05) is 27.2 Å². The molecule has 0 bridgehead atoms. The minimum atomic E-state index is -0.379. The standard InChI is InChI=1S/C12H18ClN3O2/c1-16(2)6-3-7-18-11-5-4-9(8-10(11)13)12(17)15-14/h4-5,8H,3,6-7,14H2,1-2H3,(H,15,17). The summed E-state index contributed by atoms with van der Waals surface area (Å²) in [5.41, 5.74) is 2.45. The molecule has 1 rings (SSSR count). The second-order valence-corrected chi connectivity index (χ2v) is 4.53. The Morgan fingerprint density at radius 1 is 1.50 bits per heavy atom. The number of hydrogen-bond acceptors (Lipinski definition) is 4. The third kappa shape index (κ3) is 4.52. The molecule has 0 saturated heterocycles. The normalized spacial score (nSPS) is 10.5. The first-order valence-electron chi connectivity index (χ1n) is 5.62. The van der Waals surface area contributed by atoms with Gasteiger partial charge in [-0.05, 0) is 38.7 Å². The quantitative estimate of drug-likeness (QED) is 0.354. The zero-order valence-electron chi connectivity index (χ0n) is 10.6. The van der Waals surface area contributed by atoms with E-state index in [9.17, 15) is 4.79 Å². The van der Waals surface area contributed by atoms with Crippen molar-refractivity contribution >= 4 is 17.5 Å². The number of nitrogens with two attached hydrogens (primary N) is 1. The largest absolute Gasteiger partial charge is 0.492 e. The van der Waals surface area contributed by atoms with E-state index in [0.29, 0.717) is 22.9 Å². The van der Waals surface area contributed by atoms with Gasteiger partial charge in [-0.1, -0.05) is 11.6 Å². The highest BCUT2D eigenvalue weighted by Gasteiger charge is 2.08. The number of amides is 1. The Bertz CT molecular complexity index is 410. The van der Waals surface area contributed by atoms with Crippen molar-refractivity contribution in [3.05, 3.63) is 28.8 Å². The predicted molar refractivity (Wildman–Crippen MR) is 71.8 cm³/mol. The maximum atomic E-state index is 11.3. The molecule has 1 amide bonds. The van der Waals surface area contributed by atoms with Crippen molar-refractivity contribution in [1.29, 1.82) is 0 Å². The van der Waals surface area contributed by atoms with E-state index in [0.717, 1.165) is 13.0 Å². The van der Waals surface area contributed by atoms with E-state index in [2.05, 4.69) is 4.90 Å². The number of carbonyl (C=O) groups excluding carboxylic acids is 1. The van der Waals surface area contributed by atoms with Crippen molar-refractivity contribution in [3.63, 3.8) is 0 Å². The van der Waals surface area contributed by atoms with Gasteiger partial charge in [-0.2, -0.15) is 0 Å². The van der Waals surface area contributed by atoms with Crippen LogP contribution in [0.5, 0.6) is 5.75 Å². The molecule has 100 valence electrons.